The quantitative estimate of drug-likeness (QED) is 0.810. The summed E-state index contributed by atoms with van der Waals surface area (Å²) in [6, 6.07) is 9.90. The summed E-state index contributed by atoms with van der Waals surface area (Å²) in [6.07, 6.45) is -3.19. The van der Waals surface area contributed by atoms with Gasteiger partial charge in [0, 0.05) is 5.56 Å². The Morgan fingerprint density at radius 3 is 2.22 bits per heavy atom. The van der Waals surface area contributed by atoms with Crippen LogP contribution in [0.25, 0.3) is 0 Å². The van der Waals surface area contributed by atoms with Crippen LogP contribution in [0, 0.1) is 0 Å². The van der Waals surface area contributed by atoms with Gasteiger partial charge >= 0.3 is 6.18 Å². The van der Waals surface area contributed by atoms with Crippen molar-refractivity contribution in [3.63, 3.8) is 0 Å². The molecular formula is C20H23F3N2O2. The number of pyridine rings is 1. The van der Waals surface area contributed by atoms with Gasteiger partial charge in [0.1, 0.15) is 5.75 Å². The zero-order valence-electron chi connectivity index (χ0n) is 15.7. The van der Waals surface area contributed by atoms with Crippen LogP contribution in [0.5, 0.6) is 5.75 Å². The van der Waals surface area contributed by atoms with Crippen LogP contribution in [0.4, 0.5) is 13.2 Å². The van der Waals surface area contributed by atoms with Gasteiger partial charge in [-0.25, -0.2) is 0 Å². The SMILES string of the molecule is C[C@@H](NC(=O)c1ccc(C(C)(C)C)cc1)c1ccc(OCC(F)(F)F)cn1. The van der Waals surface area contributed by atoms with Gasteiger partial charge in [-0.1, -0.05) is 32.9 Å². The lowest BCUT2D eigenvalue weighted by atomic mass is 9.86. The van der Waals surface area contributed by atoms with Crippen LogP contribution >= 0.6 is 0 Å². The van der Waals surface area contributed by atoms with E-state index in [9.17, 15) is 18.0 Å². The van der Waals surface area contributed by atoms with Gasteiger partial charge < -0.3 is 10.1 Å². The van der Waals surface area contributed by atoms with Crippen LogP contribution in [-0.2, 0) is 5.41 Å². The normalized spacial score (nSPS) is 13.1. The van der Waals surface area contributed by atoms with Gasteiger partial charge in [-0.05, 0) is 42.2 Å². The van der Waals surface area contributed by atoms with Gasteiger partial charge in [-0.2, -0.15) is 13.2 Å². The predicted octanol–water partition coefficient (Wildman–Crippen LogP) is 4.81. The highest BCUT2D eigenvalue weighted by molar-refractivity contribution is 5.94. The molecule has 146 valence electrons. The molecule has 1 N–H and O–H groups in total. The molecule has 0 saturated heterocycles. The molecule has 1 atom stereocenters. The minimum absolute atomic E-state index is 0.00213. The molecule has 0 aliphatic carbocycles. The molecule has 0 spiro atoms. The monoisotopic (exact) mass is 380 g/mol. The number of hydrogen-bond acceptors (Lipinski definition) is 3. The number of nitrogens with zero attached hydrogens (tertiary/aromatic N) is 1. The summed E-state index contributed by atoms with van der Waals surface area (Å²) in [6.45, 7) is 6.67. The van der Waals surface area contributed by atoms with E-state index in [2.05, 4.69) is 35.8 Å². The average Bonchev–Trinajstić information content (AvgIpc) is 2.59. The van der Waals surface area contributed by atoms with Crippen LogP contribution in [-0.4, -0.2) is 23.7 Å². The van der Waals surface area contributed by atoms with Gasteiger partial charge in [0.05, 0.1) is 17.9 Å². The van der Waals surface area contributed by atoms with Crippen LogP contribution in [0.15, 0.2) is 42.6 Å². The van der Waals surface area contributed by atoms with Crippen LogP contribution in [0.3, 0.4) is 0 Å². The topological polar surface area (TPSA) is 51.2 Å². The van der Waals surface area contributed by atoms with Crippen LogP contribution in [0.1, 0.15) is 55.4 Å². The minimum Gasteiger partial charge on any atom is -0.483 e. The zero-order chi connectivity index (χ0) is 20.2. The predicted molar refractivity (Wildman–Crippen MR) is 96.8 cm³/mol. The first kappa shape index (κ1) is 20.7. The Labute approximate surface area is 156 Å². The van der Waals surface area contributed by atoms with Gasteiger partial charge in [-0.15, -0.1) is 0 Å². The van der Waals surface area contributed by atoms with Crippen molar-refractivity contribution in [2.24, 2.45) is 0 Å². The number of hydrogen-bond donors (Lipinski definition) is 1. The second-order valence-corrected chi connectivity index (χ2v) is 7.35. The molecule has 0 saturated carbocycles. The Morgan fingerprint density at radius 1 is 1.11 bits per heavy atom. The molecule has 0 unspecified atom stereocenters. The highest BCUT2D eigenvalue weighted by atomic mass is 19.4. The van der Waals surface area contributed by atoms with Gasteiger partial charge in [0.25, 0.3) is 5.91 Å². The molecule has 27 heavy (non-hydrogen) atoms. The molecule has 2 rings (SSSR count). The lowest BCUT2D eigenvalue weighted by molar-refractivity contribution is -0.153. The Balaban J connectivity index is 1.97. The molecule has 0 fully saturated rings. The number of rotatable bonds is 5. The largest absolute Gasteiger partial charge is 0.483 e. The van der Waals surface area contributed by atoms with E-state index in [-0.39, 0.29) is 17.1 Å². The third kappa shape index (κ3) is 6.27. The maximum atomic E-state index is 12.4. The Hall–Kier alpha value is -2.57. The highest BCUT2D eigenvalue weighted by Crippen LogP contribution is 2.23. The summed E-state index contributed by atoms with van der Waals surface area (Å²) in [5, 5.41) is 2.82. The molecule has 0 bridgehead atoms. The Morgan fingerprint density at radius 2 is 1.74 bits per heavy atom. The van der Waals surface area contributed by atoms with Crippen molar-refractivity contribution in [3.05, 3.63) is 59.4 Å². The number of amides is 1. The van der Waals surface area contributed by atoms with Crippen LogP contribution in [0.2, 0.25) is 0 Å². The molecule has 2 aromatic rings. The molecule has 1 amide bonds. The third-order valence-electron chi connectivity index (χ3n) is 3.97. The number of nitrogens with one attached hydrogen (secondary N) is 1. The second kappa shape index (κ2) is 7.98. The fraction of sp³-hybridized carbons (Fsp3) is 0.400. The number of carbonyl (C=O) groups is 1. The van der Waals surface area contributed by atoms with Gasteiger partial charge in [0.2, 0.25) is 0 Å². The van der Waals surface area contributed by atoms with E-state index in [1.807, 2.05) is 12.1 Å². The smallest absolute Gasteiger partial charge is 0.422 e. The van der Waals surface area contributed by atoms with E-state index in [4.69, 9.17) is 0 Å². The lowest BCUT2D eigenvalue weighted by Crippen LogP contribution is -2.27. The van der Waals surface area contributed by atoms with Crippen molar-refractivity contribution in [1.29, 1.82) is 0 Å². The summed E-state index contributed by atoms with van der Waals surface area (Å²) < 4.78 is 41.1. The molecule has 1 aromatic heterocycles. The first-order valence-electron chi connectivity index (χ1n) is 8.52. The summed E-state index contributed by atoms with van der Waals surface area (Å²) >= 11 is 0. The van der Waals surface area contributed by atoms with Crippen molar-refractivity contribution in [3.8, 4) is 5.75 Å². The molecule has 7 heteroatoms. The van der Waals surface area contributed by atoms with E-state index < -0.39 is 18.8 Å². The zero-order valence-corrected chi connectivity index (χ0v) is 15.7. The maximum absolute atomic E-state index is 12.4. The Bertz CT molecular complexity index is 764. The lowest BCUT2D eigenvalue weighted by Gasteiger charge is -2.19. The van der Waals surface area contributed by atoms with E-state index in [1.165, 1.54) is 18.3 Å². The van der Waals surface area contributed by atoms with E-state index in [0.29, 0.717) is 11.3 Å². The summed E-state index contributed by atoms with van der Waals surface area (Å²) in [5.74, 6) is -0.227. The molecule has 0 radical (unpaired) electrons. The number of aromatic nitrogens is 1. The Kier molecular flexibility index (Phi) is 6.13. The van der Waals surface area contributed by atoms with Crippen molar-refractivity contribution in [1.82, 2.24) is 10.3 Å². The molecule has 1 heterocycles. The minimum atomic E-state index is -4.40. The number of benzene rings is 1. The fourth-order valence-corrected chi connectivity index (χ4v) is 2.37. The number of carbonyl (C=O) groups excluding carboxylic acids is 1. The summed E-state index contributed by atoms with van der Waals surface area (Å²) in [4.78, 5) is 16.4. The van der Waals surface area contributed by atoms with Gasteiger partial charge in [0.15, 0.2) is 6.61 Å². The van der Waals surface area contributed by atoms with Gasteiger partial charge in [-0.3, -0.25) is 9.78 Å². The average molecular weight is 380 g/mol. The van der Waals surface area contributed by atoms with E-state index in [0.717, 1.165) is 5.56 Å². The maximum Gasteiger partial charge on any atom is 0.422 e. The molecule has 0 aliphatic heterocycles. The summed E-state index contributed by atoms with van der Waals surface area (Å²) in [7, 11) is 0. The van der Waals surface area contributed by atoms with Crippen molar-refractivity contribution in [2.45, 2.75) is 45.3 Å². The van der Waals surface area contributed by atoms with Crippen molar-refractivity contribution < 1.29 is 22.7 Å². The highest BCUT2D eigenvalue weighted by Gasteiger charge is 2.28. The first-order valence-corrected chi connectivity index (χ1v) is 8.52. The first-order chi connectivity index (χ1) is 12.5. The van der Waals surface area contributed by atoms with Crippen molar-refractivity contribution in [2.75, 3.05) is 6.61 Å². The molecule has 4 nitrogen and oxygen atoms in total. The van der Waals surface area contributed by atoms with E-state index >= 15 is 0 Å². The third-order valence-corrected chi connectivity index (χ3v) is 3.97. The fourth-order valence-electron chi connectivity index (χ4n) is 2.37. The van der Waals surface area contributed by atoms with Crippen molar-refractivity contribution >= 4 is 5.91 Å². The molecule has 0 aliphatic rings. The second-order valence-electron chi connectivity index (χ2n) is 7.35. The van der Waals surface area contributed by atoms with Crippen LogP contribution < -0.4 is 10.1 Å². The standard InChI is InChI=1S/C20H23F3N2O2/c1-13(17-10-9-16(11-24-17)27-12-20(21,22)23)25-18(26)14-5-7-15(8-6-14)19(2,3)4/h5-11,13H,12H2,1-4H3,(H,25,26)/t13-/m1/s1. The summed E-state index contributed by atoms with van der Waals surface area (Å²) in [5.41, 5.74) is 2.18. The van der Waals surface area contributed by atoms with E-state index in [1.54, 1.807) is 19.1 Å². The molecule has 1 aromatic carbocycles. The number of alkyl halides is 3. The number of ether oxygens (including phenoxy) is 1. The number of halogens is 3. The molecular weight excluding hydrogens is 357 g/mol.